The Morgan fingerprint density at radius 1 is 1.41 bits per heavy atom. The van der Waals surface area contributed by atoms with Gasteiger partial charge in [-0.1, -0.05) is 17.7 Å². The summed E-state index contributed by atoms with van der Waals surface area (Å²) in [5, 5.41) is 0.341. The number of hydrogen-bond acceptors (Lipinski definition) is 3. The van der Waals surface area contributed by atoms with Gasteiger partial charge in [-0.05, 0) is 26.0 Å². The van der Waals surface area contributed by atoms with Gasteiger partial charge in [0.1, 0.15) is 5.82 Å². The molecule has 1 aromatic rings. The monoisotopic (exact) mass is 328 g/mol. The van der Waals surface area contributed by atoms with E-state index in [-0.39, 0.29) is 30.5 Å². The fraction of sp³-hybridized carbons (Fsp3) is 0.562. The average molecular weight is 329 g/mol. The second-order valence-corrected chi connectivity index (χ2v) is 6.31. The Morgan fingerprint density at radius 3 is 2.64 bits per heavy atom. The number of amides is 1. The van der Waals surface area contributed by atoms with Crippen molar-refractivity contribution < 1.29 is 13.9 Å². The molecule has 0 bridgehead atoms. The molecule has 1 saturated heterocycles. The third-order valence-electron chi connectivity index (χ3n) is 3.74. The van der Waals surface area contributed by atoms with Gasteiger partial charge in [-0.15, -0.1) is 0 Å². The maximum Gasteiger partial charge on any atom is 0.236 e. The largest absolute Gasteiger partial charge is 0.373 e. The van der Waals surface area contributed by atoms with E-state index in [1.165, 1.54) is 11.0 Å². The molecule has 0 spiro atoms. The molecule has 0 aliphatic carbocycles. The SMILES string of the molecule is CC1CN(CC(=O)N(C)Cc2c(F)cccc2Cl)CC(C)O1. The lowest BCUT2D eigenvalue weighted by Crippen LogP contribution is -2.49. The summed E-state index contributed by atoms with van der Waals surface area (Å²) in [6.07, 6.45) is 0.228. The minimum atomic E-state index is -0.388. The van der Waals surface area contributed by atoms with Crippen LogP contribution in [-0.4, -0.2) is 54.6 Å². The number of morpholine rings is 1. The molecule has 122 valence electrons. The van der Waals surface area contributed by atoms with Crippen LogP contribution in [0.2, 0.25) is 5.02 Å². The fourth-order valence-corrected chi connectivity index (χ4v) is 2.96. The highest BCUT2D eigenvalue weighted by molar-refractivity contribution is 6.31. The van der Waals surface area contributed by atoms with Crippen LogP contribution >= 0.6 is 11.6 Å². The highest BCUT2D eigenvalue weighted by Crippen LogP contribution is 2.20. The molecule has 6 heteroatoms. The molecule has 0 radical (unpaired) electrons. The average Bonchev–Trinajstić information content (AvgIpc) is 2.41. The van der Waals surface area contributed by atoms with Crippen LogP contribution in [0, 0.1) is 5.82 Å². The number of ether oxygens (including phenoxy) is 1. The van der Waals surface area contributed by atoms with E-state index in [4.69, 9.17) is 16.3 Å². The number of benzene rings is 1. The van der Waals surface area contributed by atoms with Crippen molar-refractivity contribution in [2.45, 2.75) is 32.6 Å². The molecule has 2 atom stereocenters. The molecule has 1 fully saturated rings. The first-order valence-corrected chi connectivity index (χ1v) is 7.79. The van der Waals surface area contributed by atoms with Gasteiger partial charge in [0.25, 0.3) is 0 Å². The zero-order valence-electron chi connectivity index (χ0n) is 13.2. The molecular weight excluding hydrogens is 307 g/mol. The van der Waals surface area contributed by atoms with Crippen molar-refractivity contribution in [3.63, 3.8) is 0 Å². The summed E-state index contributed by atoms with van der Waals surface area (Å²) < 4.78 is 19.4. The van der Waals surface area contributed by atoms with Crippen LogP contribution in [0.3, 0.4) is 0 Å². The topological polar surface area (TPSA) is 32.8 Å². The van der Waals surface area contributed by atoms with Gasteiger partial charge in [0.15, 0.2) is 0 Å². The lowest BCUT2D eigenvalue weighted by Gasteiger charge is -2.35. The Morgan fingerprint density at radius 2 is 2.05 bits per heavy atom. The summed E-state index contributed by atoms with van der Waals surface area (Å²) >= 11 is 6.00. The molecular formula is C16H22ClFN2O2. The number of rotatable bonds is 4. The van der Waals surface area contributed by atoms with Gasteiger partial charge in [-0.3, -0.25) is 9.69 Å². The Kier molecular flexibility index (Phi) is 5.78. The number of nitrogens with zero attached hydrogens (tertiary/aromatic N) is 2. The van der Waals surface area contributed by atoms with Crippen molar-refractivity contribution >= 4 is 17.5 Å². The Hall–Kier alpha value is -1.17. The molecule has 1 heterocycles. The molecule has 4 nitrogen and oxygen atoms in total. The number of hydrogen-bond donors (Lipinski definition) is 0. The van der Waals surface area contributed by atoms with Crippen LogP contribution in [0.4, 0.5) is 4.39 Å². The molecule has 1 aliphatic rings. The van der Waals surface area contributed by atoms with Crippen LogP contribution < -0.4 is 0 Å². The van der Waals surface area contributed by atoms with Crippen LogP contribution in [0.5, 0.6) is 0 Å². The van der Waals surface area contributed by atoms with Gasteiger partial charge in [-0.2, -0.15) is 0 Å². The van der Waals surface area contributed by atoms with Crippen molar-refractivity contribution in [1.29, 1.82) is 0 Å². The normalized spacial score (nSPS) is 22.6. The first-order chi connectivity index (χ1) is 10.4. The van der Waals surface area contributed by atoms with Crippen LogP contribution in [0.25, 0.3) is 0 Å². The molecule has 0 saturated carbocycles. The summed E-state index contributed by atoms with van der Waals surface area (Å²) in [5.74, 6) is -0.443. The van der Waals surface area contributed by atoms with E-state index in [1.54, 1.807) is 19.2 Å². The first kappa shape index (κ1) is 17.2. The van der Waals surface area contributed by atoms with Gasteiger partial charge in [0, 0.05) is 37.3 Å². The zero-order chi connectivity index (χ0) is 16.3. The van der Waals surface area contributed by atoms with Crippen molar-refractivity contribution in [2.75, 3.05) is 26.7 Å². The molecule has 1 aromatic carbocycles. The Bertz CT molecular complexity index is 511. The Labute approximate surface area is 135 Å². The number of carbonyl (C=O) groups is 1. The van der Waals surface area contributed by atoms with Gasteiger partial charge in [-0.25, -0.2) is 4.39 Å². The number of likely N-dealkylation sites (N-methyl/N-ethyl adjacent to an activating group) is 1. The summed E-state index contributed by atoms with van der Waals surface area (Å²) in [6, 6.07) is 4.54. The molecule has 22 heavy (non-hydrogen) atoms. The van der Waals surface area contributed by atoms with Crippen LogP contribution in [0.1, 0.15) is 19.4 Å². The smallest absolute Gasteiger partial charge is 0.236 e. The van der Waals surface area contributed by atoms with Gasteiger partial charge < -0.3 is 9.64 Å². The van der Waals surface area contributed by atoms with E-state index in [0.29, 0.717) is 17.1 Å². The number of halogens is 2. The summed E-state index contributed by atoms with van der Waals surface area (Å²) in [6.45, 7) is 5.92. The second-order valence-electron chi connectivity index (χ2n) is 5.90. The highest BCUT2D eigenvalue weighted by atomic mass is 35.5. The van der Waals surface area contributed by atoms with E-state index in [9.17, 15) is 9.18 Å². The van der Waals surface area contributed by atoms with Crippen molar-refractivity contribution in [2.24, 2.45) is 0 Å². The van der Waals surface area contributed by atoms with Gasteiger partial charge >= 0.3 is 0 Å². The quantitative estimate of drug-likeness (QED) is 0.851. The predicted octanol–water partition coefficient (Wildman–Crippen LogP) is 2.55. The summed E-state index contributed by atoms with van der Waals surface area (Å²) in [4.78, 5) is 15.9. The second kappa shape index (κ2) is 7.40. The minimum absolute atomic E-state index is 0.0550. The maximum absolute atomic E-state index is 13.8. The van der Waals surface area contributed by atoms with Crippen molar-refractivity contribution in [3.8, 4) is 0 Å². The van der Waals surface area contributed by atoms with E-state index >= 15 is 0 Å². The molecule has 1 amide bonds. The third-order valence-corrected chi connectivity index (χ3v) is 4.09. The lowest BCUT2D eigenvalue weighted by molar-refractivity contribution is -0.135. The van der Waals surface area contributed by atoms with E-state index in [2.05, 4.69) is 4.90 Å². The van der Waals surface area contributed by atoms with E-state index < -0.39 is 0 Å². The number of carbonyl (C=O) groups excluding carboxylic acids is 1. The summed E-state index contributed by atoms with van der Waals surface area (Å²) in [5.41, 5.74) is 0.351. The van der Waals surface area contributed by atoms with Crippen molar-refractivity contribution in [1.82, 2.24) is 9.80 Å². The lowest BCUT2D eigenvalue weighted by atomic mass is 10.2. The fourth-order valence-electron chi connectivity index (χ4n) is 2.73. The third kappa shape index (κ3) is 4.41. The van der Waals surface area contributed by atoms with Gasteiger partial charge in [0.05, 0.1) is 18.8 Å². The molecule has 0 aromatic heterocycles. The molecule has 2 unspecified atom stereocenters. The zero-order valence-corrected chi connectivity index (χ0v) is 13.9. The van der Waals surface area contributed by atoms with Crippen LogP contribution in [0.15, 0.2) is 18.2 Å². The van der Waals surface area contributed by atoms with Gasteiger partial charge in [0.2, 0.25) is 5.91 Å². The standard InChI is InChI=1S/C16H22ClFN2O2/c1-11-7-20(8-12(2)22-11)10-16(21)19(3)9-13-14(17)5-4-6-15(13)18/h4-6,11-12H,7-10H2,1-3H3. The first-order valence-electron chi connectivity index (χ1n) is 7.41. The minimum Gasteiger partial charge on any atom is -0.373 e. The molecule has 2 rings (SSSR count). The predicted molar refractivity (Wildman–Crippen MR) is 84.3 cm³/mol. The van der Waals surface area contributed by atoms with Crippen LogP contribution in [-0.2, 0) is 16.1 Å². The Balaban J connectivity index is 1.95. The maximum atomic E-state index is 13.8. The van der Waals surface area contributed by atoms with E-state index in [0.717, 1.165) is 13.1 Å². The molecule has 1 aliphatic heterocycles. The van der Waals surface area contributed by atoms with E-state index in [1.807, 2.05) is 13.8 Å². The summed E-state index contributed by atoms with van der Waals surface area (Å²) in [7, 11) is 1.67. The van der Waals surface area contributed by atoms with Crippen molar-refractivity contribution in [3.05, 3.63) is 34.6 Å². The highest BCUT2D eigenvalue weighted by Gasteiger charge is 2.25. The molecule has 0 N–H and O–H groups in total.